The summed E-state index contributed by atoms with van der Waals surface area (Å²) >= 11 is 5.71. The Morgan fingerprint density at radius 3 is 2.59 bits per heavy atom. The van der Waals surface area contributed by atoms with Gasteiger partial charge in [-0.05, 0) is 66.3 Å². The molecule has 172 valence electrons. The van der Waals surface area contributed by atoms with E-state index < -0.39 is 11.7 Å². The van der Waals surface area contributed by atoms with Crippen molar-refractivity contribution in [2.45, 2.75) is 24.8 Å². The molecule has 1 aliphatic rings. The average molecular weight is 480 g/mol. The van der Waals surface area contributed by atoms with Crippen molar-refractivity contribution in [2.75, 3.05) is 0 Å². The summed E-state index contributed by atoms with van der Waals surface area (Å²) in [6.07, 6.45) is 2.54. The van der Waals surface area contributed by atoms with E-state index in [1.807, 2.05) is 47.4 Å². The molecule has 5 nitrogen and oxygen atoms in total. The van der Waals surface area contributed by atoms with Crippen LogP contribution in [0.15, 0.2) is 91.5 Å². The van der Waals surface area contributed by atoms with Crippen LogP contribution >= 0.6 is 12.2 Å². The van der Waals surface area contributed by atoms with Crippen molar-refractivity contribution in [2.24, 2.45) is 0 Å². The summed E-state index contributed by atoms with van der Waals surface area (Å²) < 4.78 is 42.0. The average Bonchev–Trinajstić information content (AvgIpc) is 3.45. The molecular formula is C25H20F3N5S. The highest BCUT2D eigenvalue weighted by Crippen LogP contribution is 2.40. The minimum atomic E-state index is -4.43. The van der Waals surface area contributed by atoms with Crippen LogP contribution in [0.25, 0.3) is 5.69 Å². The molecule has 1 aromatic carbocycles. The number of nitrogens with zero attached hydrogens (tertiary/aromatic N) is 4. The molecule has 0 amide bonds. The smallest absolute Gasteiger partial charge is 0.352 e. The highest BCUT2D eigenvalue weighted by molar-refractivity contribution is 7.80. The lowest BCUT2D eigenvalue weighted by Crippen LogP contribution is -2.30. The molecule has 34 heavy (non-hydrogen) atoms. The molecule has 1 saturated heterocycles. The van der Waals surface area contributed by atoms with Crippen LogP contribution in [0.3, 0.4) is 0 Å². The monoisotopic (exact) mass is 479 g/mol. The lowest BCUT2D eigenvalue weighted by atomic mass is 10.0. The summed E-state index contributed by atoms with van der Waals surface area (Å²) in [7, 11) is 0. The molecular weight excluding hydrogens is 459 g/mol. The summed E-state index contributed by atoms with van der Waals surface area (Å²) in [5.74, 6) is 0. The van der Waals surface area contributed by atoms with E-state index in [4.69, 9.17) is 12.2 Å². The number of hydrogen-bond donors (Lipinski definition) is 1. The highest BCUT2D eigenvalue weighted by atomic mass is 32.1. The molecule has 9 heteroatoms. The molecule has 0 aliphatic carbocycles. The SMILES string of the molecule is FC(F)(F)c1cccc(-n2cccc2[C@H]2[C@@H](c3ccccn3)NC(=S)N2Cc2cccnc2)c1. The van der Waals surface area contributed by atoms with Crippen LogP contribution in [0, 0.1) is 0 Å². The second kappa shape index (κ2) is 8.90. The third-order valence-electron chi connectivity index (χ3n) is 5.81. The molecule has 0 radical (unpaired) electrons. The van der Waals surface area contributed by atoms with Gasteiger partial charge in [-0.25, -0.2) is 0 Å². The second-order valence-electron chi connectivity index (χ2n) is 7.97. The van der Waals surface area contributed by atoms with E-state index in [0.29, 0.717) is 17.3 Å². The number of halogens is 3. The van der Waals surface area contributed by atoms with Gasteiger partial charge in [-0.3, -0.25) is 9.97 Å². The number of pyridine rings is 2. The van der Waals surface area contributed by atoms with E-state index in [1.54, 1.807) is 35.4 Å². The molecule has 0 bridgehead atoms. The first-order chi connectivity index (χ1) is 16.4. The minimum Gasteiger partial charge on any atom is -0.352 e. The second-order valence-corrected chi connectivity index (χ2v) is 8.35. The number of nitrogens with one attached hydrogen (secondary N) is 1. The number of hydrogen-bond acceptors (Lipinski definition) is 3. The van der Waals surface area contributed by atoms with Gasteiger partial charge in [-0.1, -0.05) is 18.2 Å². The summed E-state index contributed by atoms with van der Waals surface area (Å²) in [5.41, 5.74) is 2.29. The van der Waals surface area contributed by atoms with Gasteiger partial charge < -0.3 is 14.8 Å². The molecule has 1 fully saturated rings. The van der Waals surface area contributed by atoms with Crippen LogP contribution in [0.5, 0.6) is 0 Å². The summed E-state index contributed by atoms with van der Waals surface area (Å²) in [4.78, 5) is 10.8. The Labute approximate surface area is 199 Å². The van der Waals surface area contributed by atoms with E-state index in [-0.39, 0.29) is 12.1 Å². The molecule has 2 atom stereocenters. The first-order valence-corrected chi connectivity index (χ1v) is 11.0. The Morgan fingerprint density at radius 2 is 1.85 bits per heavy atom. The maximum atomic E-state index is 13.4. The predicted octanol–water partition coefficient (Wildman–Crippen LogP) is 5.46. The van der Waals surface area contributed by atoms with Crippen LogP contribution in [0.4, 0.5) is 13.2 Å². The Kier molecular flexibility index (Phi) is 5.79. The van der Waals surface area contributed by atoms with Crippen molar-refractivity contribution in [1.29, 1.82) is 0 Å². The number of aromatic nitrogens is 3. The van der Waals surface area contributed by atoms with Crippen molar-refractivity contribution < 1.29 is 13.2 Å². The van der Waals surface area contributed by atoms with Gasteiger partial charge in [0, 0.05) is 42.7 Å². The van der Waals surface area contributed by atoms with Crippen LogP contribution < -0.4 is 5.32 Å². The van der Waals surface area contributed by atoms with Crippen molar-refractivity contribution in [3.63, 3.8) is 0 Å². The lowest BCUT2D eigenvalue weighted by molar-refractivity contribution is -0.137. The van der Waals surface area contributed by atoms with Crippen molar-refractivity contribution in [3.05, 3.63) is 114 Å². The number of benzene rings is 1. The van der Waals surface area contributed by atoms with Gasteiger partial charge in [0.2, 0.25) is 0 Å². The maximum Gasteiger partial charge on any atom is 0.416 e. The zero-order chi connectivity index (χ0) is 23.7. The molecule has 0 spiro atoms. The fourth-order valence-corrected chi connectivity index (χ4v) is 4.59. The van der Waals surface area contributed by atoms with Gasteiger partial charge in [0.05, 0.1) is 23.3 Å². The predicted molar refractivity (Wildman–Crippen MR) is 126 cm³/mol. The fraction of sp³-hybridized carbons (Fsp3) is 0.160. The zero-order valence-electron chi connectivity index (χ0n) is 17.9. The van der Waals surface area contributed by atoms with Gasteiger partial charge in [0.1, 0.15) is 0 Å². The van der Waals surface area contributed by atoms with Gasteiger partial charge in [-0.15, -0.1) is 0 Å². The minimum absolute atomic E-state index is 0.287. The van der Waals surface area contributed by atoms with Crippen molar-refractivity contribution in [1.82, 2.24) is 24.8 Å². The van der Waals surface area contributed by atoms with E-state index >= 15 is 0 Å². The Morgan fingerprint density at radius 1 is 0.971 bits per heavy atom. The molecule has 0 saturated carbocycles. The van der Waals surface area contributed by atoms with E-state index in [0.717, 1.165) is 29.1 Å². The quantitative estimate of drug-likeness (QED) is 0.385. The van der Waals surface area contributed by atoms with E-state index in [9.17, 15) is 13.2 Å². The normalized spacial score (nSPS) is 18.2. The Balaban J connectivity index is 1.60. The van der Waals surface area contributed by atoms with Crippen molar-refractivity contribution >= 4 is 17.3 Å². The largest absolute Gasteiger partial charge is 0.416 e. The summed E-state index contributed by atoms with van der Waals surface area (Å²) in [6, 6.07) is 17.9. The highest BCUT2D eigenvalue weighted by Gasteiger charge is 2.41. The van der Waals surface area contributed by atoms with Gasteiger partial charge in [0.15, 0.2) is 5.11 Å². The third-order valence-corrected chi connectivity index (χ3v) is 6.16. The number of thiocarbonyl (C=S) groups is 1. The number of alkyl halides is 3. The lowest BCUT2D eigenvalue weighted by Gasteiger charge is -2.29. The Bertz CT molecular complexity index is 1290. The standard InChI is InChI=1S/C25H20F3N5S/c26-25(27,28)18-7-3-8-19(14-18)32-13-5-10-21(32)23-22(20-9-1-2-12-30-20)31-24(34)33(23)16-17-6-4-11-29-15-17/h1-15,22-23H,16H2,(H,31,34)/t22-,23+/m1/s1. The van der Waals surface area contributed by atoms with Crippen LogP contribution in [0.1, 0.15) is 34.6 Å². The van der Waals surface area contributed by atoms with Crippen LogP contribution in [-0.4, -0.2) is 24.5 Å². The molecule has 4 aromatic rings. The zero-order valence-corrected chi connectivity index (χ0v) is 18.7. The van der Waals surface area contributed by atoms with Gasteiger partial charge in [0.25, 0.3) is 0 Å². The third kappa shape index (κ3) is 4.26. The molecule has 1 N–H and O–H groups in total. The molecule has 5 rings (SSSR count). The summed E-state index contributed by atoms with van der Waals surface area (Å²) in [5, 5.41) is 3.92. The van der Waals surface area contributed by atoms with E-state index in [1.165, 1.54) is 6.07 Å². The maximum absolute atomic E-state index is 13.4. The number of rotatable bonds is 5. The molecule has 3 aromatic heterocycles. The topological polar surface area (TPSA) is 46.0 Å². The Hall–Kier alpha value is -3.72. The molecule has 4 heterocycles. The van der Waals surface area contributed by atoms with Gasteiger partial charge in [-0.2, -0.15) is 13.2 Å². The van der Waals surface area contributed by atoms with Crippen molar-refractivity contribution in [3.8, 4) is 5.69 Å². The first kappa shape index (κ1) is 22.1. The molecule has 1 aliphatic heterocycles. The molecule has 0 unspecified atom stereocenters. The van der Waals surface area contributed by atoms with Crippen LogP contribution in [-0.2, 0) is 12.7 Å². The van der Waals surface area contributed by atoms with Gasteiger partial charge >= 0.3 is 6.18 Å². The fourth-order valence-electron chi connectivity index (χ4n) is 4.29. The first-order valence-electron chi connectivity index (χ1n) is 10.6. The van der Waals surface area contributed by atoms with E-state index in [2.05, 4.69) is 15.3 Å². The van der Waals surface area contributed by atoms with Crippen LogP contribution in [0.2, 0.25) is 0 Å². The summed E-state index contributed by atoms with van der Waals surface area (Å²) in [6.45, 7) is 0.488.